The number of nitrogens with two attached hydrogens (primary N) is 1. The van der Waals surface area contributed by atoms with Gasteiger partial charge in [0.15, 0.2) is 5.13 Å². The SMILES string of the molecule is NC(=S)c1ccnc(Nc2nc3ccc(Cl)cc3s2)n1. The quantitative estimate of drug-likeness (QED) is 0.722. The van der Waals surface area contributed by atoms with Gasteiger partial charge < -0.3 is 5.73 Å². The second-order valence-electron chi connectivity index (χ2n) is 3.89. The molecule has 0 amide bonds. The molecule has 1 aromatic carbocycles. The zero-order chi connectivity index (χ0) is 14.1. The maximum Gasteiger partial charge on any atom is 0.229 e. The summed E-state index contributed by atoms with van der Waals surface area (Å²) < 4.78 is 0.991. The molecule has 2 heterocycles. The van der Waals surface area contributed by atoms with Crippen molar-refractivity contribution in [2.45, 2.75) is 0 Å². The summed E-state index contributed by atoms with van der Waals surface area (Å²) in [6, 6.07) is 7.20. The molecule has 0 radical (unpaired) electrons. The van der Waals surface area contributed by atoms with E-state index in [1.54, 1.807) is 18.3 Å². The van der Waals surface area contributed by atoms with E-state index in [-0.39, 0.29) is 4.99 Å². The molecule has 100 valence electrons. The number of benzene rings is 1. The summed E-state index contributed by atoms with van der Waals surface area (Å²) >= 11 is 12.3. The molecule has 20 heavy (non-hydrogen) atoms. The van der Waals surface area contributed by atoms with Crippen LogP contribution in [0.25, 0.3) is 10.2 Å². The number of hydrogen-bond acceptors (Lipinski definition) is 6. The number of thiazole rings is 1. The van der Waals surface area contributed by atoms with Gasteiger partial charge in [-0.2, -0.15) is 0 Å². The first-order chi connectivity index (χ1) is 9.61. The number of rotatable bonds is 3. The van der Waals surface area contributed by atoms with Gasteiger partial charge in [0, 0.05) is 11.2 Å². The fourth-order valence-corrected chi connectivity index (χ4v) is 2.85. The fourth-order valence-electron chi connectivity index (χ4n) is 1.60. The standard InChI is InChI=1S/C12H8ClN5S2/c13-6-1-2-7-9(5-6)20-12(17-7)18-11-15-4-3-8(16-11)10(14)19/h1-5H,(H2,14,19)(H,15,16,17,18). The van der Waals surface area contributed by atoms with E-state index in [1.165, 1.54) is 11.3 Å². The first kappa shape index (κ1) is 13.2. The molecule has 0 aliphatic heterocycles. The van der Waals surface area contributed by atoms with Gasteiger partial charge in [0.05, 0.1) is 10.2 Å². The smallest absolute Gasteiger partial charge is 0.229 e. The second-order valence-corrected chi connectivity index (χ2v) is 5.79. The van der Waals surface area contributed by atoms with Crippen molar-refractivity contribution in [2.24, 2.45) is 5.73 Å². The minimum atomic E-state index is 0.228. The molecule has 0 saturated heterocycles. The molecule has 0 spiro atoms. The highest BCUT2D eigenvalue weighted by Gasteiger charge is 2.07. The van der Waals surface area contributed by atoms with Gasteiger partial charge in [0.1, 0.15) is 10.7 Å². The van der Waals surface area contributed by atoms with Crippen molar-refractivity contribution in [3.8, 4) is 0 Å². The Bertz CT molecular complexity index is 801. The van der Waals surface area contributed by atoms with Gasteiger partial charge in [-0.3, -0.25) is 5.32 Å². The van der Waals surface area contributed by atoms with Gasteiger partial charge in [-0.15, -0.1) is 0 Å². The molecule has 0 bridgehead atoms. The van der Waals surface area contributed by atoms with Crippen LogP contribution in [0.2, 0.25) is 5.02 Å². The molecule has 8 heteroatoms. The molecule has 0 saturated carbocycles. The summed E-state index contributed by atoms with van der Waals surface area (Å²) in [5, 5.41) is 4.40. The van der Waals surface area contributed by atoms with Crippen LogP contribution in [-0.4, -0.2) is 19.9 Å². The minimum Gasteiger partial charge on any atom is -0.388 e. The minimum absolute atomic E-state index is 0.228. The highest BCUT2D eigenvalue weighted by molar-refractivity contribution is 7.80. The Kier molecular flexibility index (Phi) is 3.47. The Hall–Kier alpha value is -1.83. The molecule has 3 N–H and O–H groups in total. The van der Waals surface area contributed by atoms with E-state index in [9.17, 15) is 0 Å². The van der Waals surface area contributed by atoms with Crippen molar-refractivity contribution in [2.75, 3.05) is 5.32 Å². The van der Waals surface area contributed by atoms with Crippen molar-refractivity contribution in [3.63, 3.8) is 0 Å². The van der Waals surface area contributed by atoms with E-state index in [4.69, 9.17) is 29.6 Å². The molecule has 0 atom stereocenters. The van der Waals surface area contributed by atoms with Gasteiger partial charge in [-0.1, -0.05) is 35.2 Å². The van der Waals surface area contributed by atoms with Crippen LogP contribution in [0, 0.1) is 0 Å². The van der Waals surface area contributed by atoms with Crippen molar-refractivity contribution in [1.29, 1.82) is 0 Å². The molecule has 0 fully saturated rings. The van der Waals surface area contributed by atoms with Crippen molar-refractivity contribution in [1.82, 2.24) is 15.0 Å². The van der Waals surface area contributed by atoms with Crippen LogP contribution in [0.15, 0.2) is 30.5 Å². The number of thiocarbonyl (C=S) groups is 1. The molecule has 5 nitrogen and oxygen atoms in total. The normalized spacial score (nSPS) is 10.7. The van der Waals surface area contributed by atoms with Gasteiger partial charge in [0.25, 0.3) is 0 Å². The Labute approximate surface area is 128 Å². The number of nitrogens with zero attached hydrogens (tertiary/aromatic N) is 3. The van der Waals surface area contributed by atoms with Crippen molar-refractivity contribution in [3.05, 3.63) is 41.2 Å². The lowest BCUT2D eigenvalue weighted by molar-refractivity contribution is 1.15. The highest BCUT2D eigenvalue weighted by Crippen LogP contribution is 2.29. The van der Waals surface area contributed by atoms with Crippen LogP contribution < -0.4 is 11.1 Å². The Morgan fingerprint density at radius 1 is 1.30 bits per heavy atom. The van der Waals surface area contributed by atoms with Crippen LogP contribution in [0.4, 0.5) is 11.1 Å². The summed E-state index contributed by atoms with van der Waals surface area (Å²) in [6.07, 6.45) is 1.59. The predicted molar refractivity (Wildman–Crippen MR) is 85.8 cm³/mol. The van der Waals surface area contributed by atoms with E-state index >= 15 is 0 Å². The average molecular weight is 322 g/mol. The van der Waals surface area contributed by atoms with Crippen molar-refractivity contribution >= 4 is 61.4 Å². The van der Waals surface area contributed by atoms with E-state index in [1.807, 2.05) is 12.1 Å². The molecular weight excluding hydrogens is 314 g/mol. The number of anilines is 2. The number of nitrogens with one attached hydrogen (secondary N) is 1. The summed E-state index contributed by atoms with van der Waals surface area (Å²) in [7, 11) is 0. The fraction of sp³-hybridized carbons (Fsp3) is 0. The Morgan fingerprint density at radius 2 is 2.15 bits per heavy atom. The lowest BCUT2D eigenvalue weighted by atomic mass is 10.3. The van der Waals surface area contributed by atoms with Gasteiger partial charge >= 0.3 is 0 Å². The summed E-state index contributed by atoms with van der Waals surface area (Å²) in [4.78, 5) is 13.0. The maximum atomic E-state index is 5.95. The largest absolute Gasteiger partial charge is 0.388 e. The third-order valence-corrected chi connectivity index (χ3v) is 3.86. The number of hydrogen-bond donors (Lipinski definition) is 2. The first-order valence-electron chi connectivity index (χ1n) is 5.58. The zero-order valence-electron chi connectivity index (χ0n) is 10.0. The molecular formula is C12H8ClN5S2. The summed E-state index contributed by atoms with van der Waals surface area (Å²) in [5.41, 5.74) is 6.92. The molecule has 0 aliphatic rings. The van der Waals surface area contributed by atoms with E-state index in [0.717, 1.165) is 10.2 Å². The molecule has 0 unspecified atom stereocenters. The zero-order valence-corrected chi connectivity index (χ0v) is 12.4. The molecule has 0 aliphatic carbocycles. The predicted octanol–water partition coefficient (Wildman–Crippen LogP) is 3.12. The number of halogens is 1. The third kappa shape index (κ3) is 2.69. The summed E-state index contributed by atoms with van der Waals surface area (Å²) in [5.74, 6) is 0.403. The lowest BCUT2D eigenvalue weighted by Gasteiger charge is -2.02. The van der Waals surface area contributed by atoms with Crippen LogP contribution >= 0.6 is 35.2 Å². The van der Waals surface area contributed by atoms with Gasteiger partial charge in [-0.05, 0) is 24.3 Å². The summed E-state index contributed by atoms with van der Waals surface area (Å²) in [6.45, 7) is 0. The molecule has 3 aromatic rings. The third-order valence-electron chi connectivity index (χ3n) is 2.48. The highest BCUT2D eigenvalue weighted by atomic mass is 35.5. The molecule has 3 rings (SSSR count). The van der Waals surface area contributed by atoms with Crippen molar-refractivity contribution < 1.29 is 0 Å². The number of fused-ring (bicyclic) bond motifs is 1. The van der Waals surface area contributed by atoms with Gasteiger partial charge in [-0.25, -0.2) is 15.0 Å². The van der Waals surface area contributed by atoms with E-state index < -0.39 is 0 Å². The average Bonchev–Trinajstić information content (AvgIpc) is 2.80. The van der Waals surface area contributed by atoms with E-state index in [0.29, 0.717) is 21.8 Å². The van der Waals surface area contributed by atoms with Crippen LogP contribution in [0.1, 0.15) is 5.69 Å². The van der Waals surface area contributed by atoms with Crippen LogP contribution in [0.3, 0.4) is 0 Å². The topological polar surface area (TPSA) is 76.7 Å². The molecule has 2 aromatic heterocycles. The van der Waals surface area contributed by atoms with Gasteiger partial charge in [0.2, 0.25) is 5.95 Å². The lowest BCUT2D eigenvalue weighted by Crippen LogP contribution is -2.12. The Balaban J connectivity index is 1.92. The second kappa shape index (κ2) is 5.28. The first-order valence-corrected chi connectivity index (χ1v) is 7.18. The van der Waals surface area contributed by atoms with Crippen LogP contribution in [0.5, 0.6) is 0 Å². The Morgan fingerprint density at radius 3 is 2.95 bits per heavy atom. The maximum absolute atomic E-state index is 5.95. The monoisotopic (exact) mass is 321 g/mol. The number of aromatic nitrogens is 3. The van der Waals surface area contributed by atoms with Crippen LogP contribution in [-0.2, 0) is 0 Å². The van der Waals surface area contributed by atoms with E-state index in [2.05, 4.69) is 20.3 Å².